The maximum atomic E-state index is 12.2. The predicted molar refractivity (Wildman–Crippen MR) is 94.2 cm³/mol. The number of aliphatic carboxylic acids is 2. The van der Waals surface area contributed by atoms with Crippen molar-refractivity contribution in [3.63, 3.8) is 0 Å². The average Bonchev–Trinajstić information content (AvgIpc) is 3.09. The number of carbonyl (C=O) groups excluding carboxylic acids is 2. The summed E-state index contributed by atoms with van der Waals surface area (Å²) >= 11 is 0.966. The zero-order valence-electron chi connectivity index (χ0n) is 14.0. The Bertz CT molecular complexity index is 863. The number of benzene rings is 1. The highest BCUT2D eigenvalue weighted by Gasteiger charge is 2.24. The Hall–Kier alpha value is -3.47. The van der Waals surface area contributed by atoms with Crippen LogP contribution >= 0.6 is 11.3 Å². The van der Waals surface area contributed by atoms with Crippen molar-refractivity contribution in [2.45, 2.75) is 12.5 Å². The number of hydrogen-bond acceptors (Lipinski definition) is 7. The highest BCUT2D eigenvalue weighted by Crippen LogP contribution is 2.18. The largest absolute Gasteiger partial charge is 0.497 e. The molecular formula is C16H15N3O7S. The SMILES string of the molecule is COc1ccc(C(=O)Nc2nc(C(=O)NC(CC(=O)O)C(=O)O)cs2)cc1. The molecule has 0 aliphatic carbocycles. The molecule has 10 nitrogen and oxygen atoms in total. The molecule has 0 radical (unpaired) electrons. The van der Waals surface area contributed by atoms with Gasteiger partial charge < -0.3 is 20.3 Å². The number of anilines is 1. The van der Waals surface area contributed by atoms with Gasteiger partial charge in [0, 0.05) is 10.9 Å². The van der Waals surface area contributed by atoms with Gasteiger partial charge in [-0.05, 0) is 24.3 Å². The topological polar surface area (TPSA) is 155 Å². The van der Waals surface area contributed by atoms with Crippen LogP contribution in [0.25, 0.3) is 0 Å². The molecule has 2 rings (SSSR count). The molecule has 1 atom stereocenters. The fourth-order valence-corrected chi connectivity index (χ4v) is 2.64. The molecule has 0 spiro atoms. The molecule has 1 aromatic carbocycles. The maximum Gasteiger partial charge on any atom is 0.326 e. The second-order valence-corrected chi connectivity index (χ2v) is 6.04. The number of nitrogens with zero attached hydrogens (tertiary/aromatic N) is 1. The van der Waals surface area contributed by atoms with Gasteiger partial charge in [-0.25, -0.2) is 9.78 Å². The number of hydrogen-bond donors (Lipinski definition) is 4. The van der Waals surface area contributed by atoms with Crippen LogP contribution in [0.2, 0.25) is 0 Å². The van der Waals surface area contributed by atoms with Gasteiger partial charge in [0.05, 0.1) is 13.5 Å². The number of carboxylic acids is 2. The van der Waals surface area contributed by atoms with E-state index in [0.717, 1.165) is 11.3 Å². The van der Waals surface area contributed by atoms with Crippen molar-refractivity contribution in [3.05, 3.63) is 40.9 Å². The molecule has 142 valence electrons. The second kappa shape index (κ2) is 8.76. The smallest absolute Gasteiger partial charge is 0.326 e. The number of nitrogens with one attached hydrogen (secondary N) is 2. The molecule has 4 N–H and O–H groups in total. The third-order valence-corrected chi connectivity index (χ3v) is 4.05. The molecule has 2 aromatic rings. The summed E-state index contributed by atoms with van der Waals surface area (Å²) in [7, 11) is 1.50. The van der Waals surface area contributed by atoms with Gasteiger partial charge in [0.1, 0.15) is 17.5 Å². The molecule has 0 aliphatic rings. The Morgan fingerprint density at radius 3 is 2.37 bits per heavy atom. The van der Waals surface area contributed by atoms with Crippen molar-refractivity contribution in [2.24, 2.45) is 0 Å². The van der Waals surface area contributed by atoms with Gasteiger partial charge in [0.15, 0.2) is 5.13 Å². The highest BCUT2D eigenvalue weighted by atomic mass is 32.1. The molecule has 0 saturated carbocycles. The van der Waals surface area contributed by atoms with E-state index < -0.39 is 36.2 Å². The van der Waals surface area contributed by atoms with Gasteiger partial charge >= 0.3 is 11.9 Å². The molecule has 1 aromatic heterocycles. The molecule has 27 heavy (non-hydrogen) atoms. The first kappa shape index (κ1) is 19.8. The van der Waals surface area contributed by atoms with Gasteiger partial charge in [-0.15, -0.1) is 11.3 Å². The molecule has 2 amide bonds. The van der Waals surface area contributed by atoms with Crippen LogP contribution < -0.4 is 15.4 Å². The third kappa shape index (κ3) is 5.51. The van der Waals surface area contributed by atoms with E-state index >= 15 is 0 Å². The number of methoxy groups -OCH3 is 1. The van der Waals surface area contributed by atoms with E-state index in [0.29, 0.717) is 11.3 Å². The van der Waals surface area contributed by atoms with E-state index in [1.54, 1.807) is 24.3 Å². The van der Waals surface area contributed by atoms with Crippen LogP contribution in [-0.4, -0.2) is 52.1 Å². The number of ether oxygens (including phenoxy) is 1. The number of aromatic nitrogens is 1. The van der Waals surface area contributed by atoms with Crippen molar-refractivity contribution in [1.29, 1.82) is 0 Å². The summed E-state index contributed by atoms with van der Waals surface area (Å²) in [4.78, 5) is 49.7. The Kier molecular flexibility index (Phi) is 6.44. The number of carbonyl (C=O) groups is 4. The first-order chi connectivity index (χ1) is 12.8. The molecule has 0 fully saturated rings. The van der Waals surface area contributed by atoms with Crippen molar-refractivity contribution < 1.29 is 34.1 Å². The Labute approximate surface area is 156 Å². The minimum Gasteiger partial charge on any atom is -0.497 e. The fraction of sp³-hybridized carbons (Fsp3) is 0.188. The summed E-state index contributed by atoms with van der Waals surface area (Å²) in [6.07, 6.45) is -0.772. The monoisotopic (exact) mass is 393 g/mol. The Morgan fingerprint density at radius 2 is 1.81 bits per heavy atom. The average molecular weight is 393 g/mol. The maximum absolute atomic E-state index is 12.2. The molecule has 1 heterocycles. The molecule has 0 saturated heterocycles. The van der Waals surface area contributed by atoms with E-state index in [4.69, 9.17) is 14.9 Å². The number of thiazole rings is 1. The lowest BCUT2D eigenvalue weighted by Crippen LogP contribution is -2.42. The third-order valence-electron chi connectivity index (χ3n) is 3.29. The quantitative estimate of drug-likeness (QED) is 0.519. The number of rotatable bonds is 8. The van der Waals surface area contributed by atoms with Crippen LogP contribution in [0.1, 0.15) is 27.3 Å². The van der Waals surface area contributed by atoms with Crippen molar-refractivity contribution in [1.82, 2.24) is 10.3 Å². The van der Waals surface area contributed by atoms with Crippen LogP contribution in [0.4, 0.5) is 5.13 Å². The van der Waals surface area contributed by atoms with Crippen LogP contribution in [0.5, 0.6) is 5.75 Å². The normalized spacial score (nSPS) is 11.3. The van der Waals surface area contributed by atoms with Gasteiger partial charge in [-0.3, -0.25) is 19.7 Å². The molecular weight excluding hydrogens is 378 g/mol. The zero-order chi connectivity index (χ0) is 20.0. The van der Waals surface area contributed by atoms with Crippen LogP contribution in [0.3, 0.4) is 0 Å². The lowest BCUT2D eigenvalue weighted by molar-refractivity contribution is -0.145. The summed E-state index contributed by atoms with van der Waals surface area (Å²) in [5.41, 5.74) is 0.214. The fourth-order valence-electron chi connectivity index (χ4n) is 1.95. The van der Waals surface area contributed by atoms with Crippen molar-refractivity contribution in [2.75, 3.05) is 12.4 Å². The molecule has 11 heteroatoms. The Morgan fingerprint density at radius 1 is 1.15 bits per heavy atom. The first-order valence-corrected chi connectivity index (χ1v) is 8.34. The summed E-state index contributed by atoms with van der Waals surface area (Å²) in [6, 6.07) is 4.75. The molecule has 1 unspecified atom stereocenters. The summed E-state index contributed by atoms with van der Waals surface area (Å²) in [5.74, 6) is -3.56. The van der Waals surface area contributed by atoms with Crippen molar-refractivity contribution >= 4 is 40.2 Å². The van der Waals surface area contributed by atoms with E-state index in [1.807, 2.05) is 0 Å². The highest BCUT2D eigenvalue weighted by molar-refractivity contribution is 7.14. The van der Waals surface area contributed by atoms with E-state index in [-0.39, 0.29) is 10.8 Å². The van der Waals surface area contributed by atoms with Crippen LogP contribution in [0.15, 0.2) is 29.6 Å². The van der Waals surface area contributed by atoms with Gasteiger partial charge in [0.2, 0.25) is 0 Å². The lowest BCUT2D eigenvalue weighted by Gasteiger charge is -2.10. The van der Waals surface area contributed by atoms with Crippen LogP contribution in [-0.2, 0) is 9.59 Å². The standard InChI is InChI=1S/C16H15N3O7S/c1-26-9-4-2-8(3-5-9)13(22)19-16-18-11(7-27-16)14(23)17-10(15(24)25)6-12(20)21/h2-5,7,10H,6H2,1H3,(H,17,23)(H,20,21)(H,24,25)(H,18,19,22). The summed E-state index contributed by atoms with van der Waals surface area (Å²) in [6.45, 7) is 0. The zero-order valence-corrected chi connectivity index (χ0v) is 14.8. The van der Waals surface area contributed by atoms with Crippen molar-refractivity contribution in [3.8, 4) is 5.75 Å². The molecule has 0 aliphatic heterocycles. The van der Waals surface area contributed by atoms with Crippen LogP contribution in [0, 0.1) is 0 Å². The first-order valence-electron chi connectivity index (χ1n) is 7.46. The Balaban J connectivity index is 2.02. The number of amides is 2. The minimum atomic E-state index is -1.59. The summed E-state index contributed by atoms with van der Waals surface area (Å²) in [5, 5.41) is 23.7. The van der Waals surface area contributed by atoms with Gasteiger partial charge in [0.25, 0.3) is 11.8 Å². The van der Waals surface area contributed by atoms with E-state index in [1.165, 1.54) is 12.5 Å². The van der Waals surface area contributed by atoms with Gasteiger partial charge in [-0.1, -0.05) is 0 Å². The van der Waals surface area contributed by atoms with E-state index in [2.05, 4.69) is 15.6 Å². The molecule has 0 bridgehead atoms. The minimum absolute atomic E-state index is 0.131. The summed E-state index contributed by atoms with van der Waals surface area (Å²) < 4.78 is 5.00. The lowest BCUT2D eigenvalue weighted by atomic mass is 10.2. The van der Waals surface area contributed by atoms with Gasteiger partial charge in [-0.2, -0.15) is 0 Å². The predicted octanol–water partition coefficient (Wildman–Crippen LogP) is 1.06. The number of carboxylic acid groups (broad SMARTS) is 2. The van der Waals surface area contributed by atoms with E-state index in [9.17, 15) is 19.2 Å². The second-order valence-electron chi connectivity index (χ2n) is 5.18.